The van der Waals surface area contributed by atoms with E-state index < -0.39 is 27.3 Å². The molecule has 6 atom stereocenters. The molecular formula is C35H45ClN2O5S. The number of aliphatic hydroxyl groups excluding tert-OH is 1. The van der Waals surface area contributed by atoms with Gasteiger partial charge in [-0.3, -0.25) is 4.79 Å². The normalized spacial score (nSPS) is 32.5. The number of nitrogens with one attached hydrogen (secondary N) is 1. The van der Waals surface area contributed by atoms with Crippen LogP contribution in [-0.2, 0) is 21.9 Å². The summed E-state index contributed by atoms with van der Waals surface area (Å²) in [5, 5.41) is 11.3. The van der Waals surface area contributed by atoms with Crippen LogP contribution in [0.2, 0.25) is 5.02 Å². The van der Waals surface area contributed by atoms with Crippen molar-refractivity contribution in [2.45, 2.75) is 82.5 Å². The minimum Gasteiger partial charge on any atom is -0.490 e. The second kappa shape index (κ2) is 12.3. The molecule has 1 amide bonds. The van der Waals surface area contributed by atoms with Gasteiger partial charge in [-0.05, 0) is 110 Å². The first kappa shape index (κ1) is 31.4. The maximum absolute atomic E-state index is 13.6. The average molecular weight is 641 g/mol. The Morgan fingerprint density at radius 3 is 2.73 bits per heavy atom. The number of fused-ring (bicyclic) bond motifs is 4. The molecule has 4 aliphatic rings. The van der Waals surface area contributed by atoms with E-state index >= 15 is 0 Å². The van der Waals surface area contributed by atoms with Crippen LogP contribution in [0.1, 0.15) is 80.8 Å². The van der Waals surface area contributed by atoms with Gasteiger partial charge >= 0.3 is 0 Å². The molecule has 2 heterocycles. The minimum atomic E-state index is -3.95. The number of benzene rings is 2. The quantitative estimate of drug-likeness (QED) is 0.376. The third-order valence-corrected chi connectivity index (χ3v) is 12.3. The Kier molecular flexibility index (Phi) is 8.81. The fourth-order valence-corrected chi connectivity index (χ4v) is 9.83. The van der Waals surface area contributed by atoms with Crippen LogP contribution in [0.25, 0.3) is 0 Å². The Balaban J connectivity index is 1.42. The summed E-state index contributed by atoms with van der Waals surface area (Å²) < 4.78 is 36.2. The van der Waals surface area contributed by atoms with Crippen molar-refractivity contribution in [2.24, 2.45) is 23.7 Å². The number of sulfonamides is 1. The molecule has 2 aliphatic heterocycles. The average Bonchev–Trinajstić information content (AvgIpc) is 3.10. The van der Waals surface area contributed by atoms with Crippen LogP contribution in [0.4, 0.5) is 5.69 Å². The van der Waals surface area contributed by atoms with Gasteiger partial charge in [0.1, 0.15) is 5.75 Å². The number of anilines is 1. The van der Waals surface area contributed by atoms with E-state index in [1.54, 1.807) is 18.2 Å². The van der Waals surface area contributed by atoms with Crippen molar-refractivity contribution in [3.8, 4) is 5.75 Å². The van der Waals surface area contributed by atoms with E-state index in [2.05, 4.69) is 21.8 Å². The van der Waals surface area contributed by atoms with Gasteiger partial charge in [-0.25, -0.2) is 13.1 Å². The zero-order valence-electron chi connectivity index (χ0n) is 26.0. The lowest BCUT2D eigenvalue weighted by Gasteiger charge is -2.45. The summed E-state index contributed by atoms with van der Waals surface area (Å²) in [5.74, 6) is 0.535. The highest BCUT2D eigenvalue weighted by atomic mass is 35.5. The molecule has 1 fully saturated rings. The molecule has 7 nitrogen and oxygen atoms in total. The molecule has 0 radical (unpaired) electrons. The summed E-state index contributed by atoms with van der Waals surface area (Å²) >= 11 is 6.40. The molecule has 3 unspecified atom stereocenters. The van der Waals surface area contributed by atoms with Crippen LogP contribution < -0.4 is 14.4 Å². The van der Waals surface area contributed by atoms with Gasteiger partial charge in [0.05, 0.1) is 23.6 Å². The van der Waals surface area contributed by atoms with Crippen molar-refractivity contribution < 1.29 is 23.1 Å². The van der Waals surface area contributed by atoms with Crippen molar-refractivity contribution in [2.75, 3.05) is 24.6 Å². The van der Waals surface area contributed by atoms with E-state index in [1.165, 1.54) is 11.1 Å². The molecule has 2 aromatic carbocycles. The highest BCUT2D eigenvalue weighted by molar-refractivity contribution is 7.90. The van der Waals surface area contributed by atoms with Crippen LogP contribution in [0, 0.1) is 23.7 Å². The number of hydrogen-bond donors (Lipinski definition) is 2. The molecule has 0 saturated heterocycles. The molecule has 238 valence electrons. The third-order valence-electron chi connectivity index (χ3n) is 10.3. The van der Waals surface area contributed by atoms with E-state index in [9.17, 15) is 18.3 Å². The Bertz CT molecular complexity index is 1540. The van der Waals surface area contributed by atoms with Gasteiger partial charge in [-0.1, -0.05) is 50.6 Å². The number of amides is 1. The first-order valence-electron chi connectivity index (χ1n) is 16.2. The zero-order valence-corrected chi connectivity index (χ0v) is 27.5. The number of rotatable bonds is 2. The van der Waals surface area contributed by atoms with Crippen molar-refractivity contribution in [1.29, 1.82) is 0 Å². The molecule has 1 saturated carbocycles. The highest BCUT2D eigenvalue weighted by Gasteiger charge is 2.44. The van der Waals surface area contributed by atoms with E-state index in [4.69, 9.17) is 16.3 Å². The minimum absolute atomic E-state index is 0.0696. The number of ether oxygens (including phenoxy) is 1. The molecule has 2 aromatic rings. The van der Waals surface area contributed by atoms with Crippen molar-refractivity contribution in [1.82, 2.24) is 4.72 Å². The molecular weight excluding hydrogens is 596 g/mol. The van der Waals surface area contributed by atoms with E-state index in [-0.39, 0.29) is 29.1 Å². The van der Waals surface area contributed by atoms with E-state index in [0.29, 0.717) is 43.9 Å². The van der Waals surface area contributed by atoms with Gasteiger partial charge in [0.25, 0.3) is 5.91 Å². The second-order valence-corrected chi connectivity index (χ2v) is 16.5. The standard InChI is InChI=1S/C35H45ClN2O5S/c1-22(2)15-28-16-23(3)6-12-32(39)29-10-7-26(29)19-38-20-35(14-4-5-24-17-27(36)9-11-30(24)35)21-43-33-13-8-25(18-31(33)38)34(40)37-44(28,41)42/h6,8-9,11-13,17-18,22-23,26,28-29,32,39H,4-5,7,10,14-16,19-21H2,1-3H3,(H,37,40)/b12-6+/t23-,26?,28+,29?,32?,35+/m1/s1. The number of allylic oxidation sites excluding steroid dienone is 1. The first-order chi connectivity index (χ1) is 20.9. The lowest BCUT2D eigenvalue weighted by molar-refractivity contribution is 0.0454. The highest BCUT2D eigenvalue weighted by Crippen LogP contribution is 2.46. The number of hydrogen-bond acceptors (Lipinski definition) is 6. The number of nitrogens with zero attached hydrogens (tertiary/aromatic N) is 1. The van der Waals surface area contributed by atoms with Gasteiger partial charge in [-0.15, -0.1) is 0 Å². The van der Waals surface area contributed by atoms with E-state index in [1.807, 2.05) is 39.0 Å². The lowest BCUT2D eigenvalue weighted by atomic mass is 9.68. The predicted octanol–water partition coefficient (Wildman–Crippen LogP) is 6.27. The monoisotopic (exact) mass is 640 g/mol. The van der Waals surface area contributed by atoms with Crippen LogP contribution in [0.3, 0.4) is 0 Å². The van der Waals surface area contributed by atoms with Crippen molar-refractivity contribution in [3.05, 3.63) is 70.3 Å². The Hall–Kier alpha value is -2.55. The smallest absolute Gasteiger partial charge is 0.264 e. The molecule has 2 N–H and O–H groups in total. The summed E-state index contributed by atoms with van der Waals surface area (Å²) in [7, 11) is -3.95. The summed E-state index contributed by atoms with van der Waals surface area (Å²) in [4.78, 5) is 15.9. The summed E-state index contributed by atoms with van der Waals surface area (Å²) in [6, 6.07) is 11.4. The van der Waals surface area contributed by atoms with E-state index in [0.717, 1.165) is 42.8 Å². The molecule has 44 heavy (non-hydrogen) atoms. The number of halogens is 1. The molecule has 2 bridgehead atoms. The maximum atomic E-state index is 13.6. The molecule has 1 spiro atoms. The maximum Gasteiger partial charge on any atom is 0.264 e. The zero-order chi connectivity index (χ0) is 31.2. The fourth-order valence-electron chi connectivity index (χ4n) is 7.90. The first-order valence-corrected chi connectivity index (χ1v) is 18.1. The SMILES string of the molecule is CC(C)C[C@H]1C[C@H](C)/C=C/C(O)C2CCC2CN2C[C@@]3(CCCc4cc(Cl)ccc43)COc3ccc(cc32)C(=O)NS1(=O)=O. The molecule has 6 rings (SSSR count). The molecule has 9 heteroatoms. The number of aryl methyl sites for hydroxylation is 1. The molecule has 2 aliphatic carbocycles. The van der Waals surface area contributed by atoms with Gasteiger partial charge in [0.2, 0.25) is 10.0 Å². The lowest BCUT2D eigenvalue weighted by Crippen LogP contribution is -2.49. The van der Waals surface area contributed by atoms with Crippen LogP contribution in [0.5, 0.6) is 5.75 Å². The number of aliphatic hydroxyl groups is 1. The summed E-state index contributed by atoms with van der Waals surface area (Å²) in [6.45, 7) is 7.87. The Labute approximate surface area is 267 Å². The largest absolute Gasteiger partial charge is 0.490 e. The summed E-state index contributed by atoms with van der Waals surface area (Å²) in [6.07, 6.45) is 8.97. The topological polar surface area (TPSA) is 95.9 Å². The van der Waals surface area contributed by atoms with Crippen molar-refractivity contribution >= 4 is 33.2 Å². The second-order valence-electron chi connectivity index (χ2n) is 14.1. The Morgan fingerprint density at radius 2 is 1.98 bits per heavy atom. The van der Waals surface area contributed by atoms with Crippen molar-refractivity contribution in [3.63, 3.8) is 0 Å². The Morgan fingerprint density at radius 1 is 1.16 bits per heavy atom. The third kappa shape index (κ3) is 6.27. The van der Waals surface area contributed by atoms with Gasteiger partial charge in [0.15, 0.2) is 0 Å². The van der Waals surface area contributed by atoms with Gasteiger partial charge in [-0.2, -0.15) is 0 Å². The van der Waals surface area contributed by atoms with Crippen LogP contribution >= 0.6 is 11.6 Å². The predicted molar refractivity (Wildman–Crippen MR) is 175 cm³/mol. The summed E-state index contributed by atoms with van der Waals surface area (Å²) in [5.41, 5.74) is 3.34. The van der Waals surface area contributed by atoms with Crippen LogP contribution in [-0.4, -0.2) is 50.5 Å². The van der Waals surface area contributed by atoms with Gasteiger partial charge in [0, 0.05) is 29.1 Å². The molecule has 0 aromatic heterocycles. The fraction of sp³-hybridized carbons (Fsp3) is 0.571. The van der Waals surface area contributed by atoms with Crippen LogP contribution in [0.15, 0.2) is 48.6 Å². The van der Waals surface area contributed by atoms with Gasteiger partial charge < -0.3 is 14.7 Å². The number of carbonyl (C=O) groups is 1. The number of carbonyl (C=O) groups excluding carboxylic acids is 1.